The molecule has 0 saturated carbocycles. The fraction of sp³-hybridized carbons (Fsp3) is 0.368. The average Bonchev–Trinajstić information content (AvgIpc) is 3.36. The Morgan fingerprint density at radius 3 is 2.55 bits per heavy atom. The molecule has 164 valence electrons. The van der Waals surface area contributed by atoms with Crippen molar-refractivity contribution in [3.63, 3.8) is 0 Å². The van der Waals surface area contributed by atoms with E-state index in [1.165, 1.54) is 30.1 Å². The molecule has 1 atom stereocenters. The number of carbonyl (C=O) groups excluding carboxylic acids is 1. The molecule has 1 N–H and O–H groups in total. The maximum atomic E-state index is 13.6. The lowest BCUT2D eigenvalue weighted by Gasteiger charge is -2.13. The van der Waals surface area contributed by atoms with Crippen LogP contribution in [0.4, 0.5) is 22.0 Å². The highest BCUT2D eigenvalue weighted by molar-refractivity contribution is 5.93. The number of rotatable bonds is 4. The number of pyridine rings is 1. The van der Waals surface area contributed by atoms with Gasteiger partial charge in [0.25, 0.3) is 11.8 Å². The first-order valence-electron chi connectivity index (χ1n) is 9.29. The minimum atomic E-state index is -4.66. The third-order valence-electron chi connectivity index (χ3n) is 5.03. The van der Waals surface area contributed by atoms with Gasteiger partial charge in [-0.2, -0.15) is 32.1 Å². The fourth-order valence-corrected chi connectivity index (χ4v) is 3.48. The Morgan fingerprint density at radius 2 is 1.90 bits per heavy atom. The van der Waals surface area contributed by atoms with Gasteiger partial charge in [-0.25, -0.2) is 4.68 Å². The molecule has 3 aromatic rings. The van der Waals surface area contributed by atoms with Crippen molar-refractivity contribution in [2.45, 2.75) is 37.9 Å². The van der Waals surface area contributed by atoms with Crippen LogP contribution in [-0.4, -0.2) is 30.5 Å². The number of alkyl halides is 5. The number of nitrogens with one attached hydrogen (secondary N) is 1. The van der Waals surface area contributed by atoms with Gasteiger partial charge in [0.05, 0.1) is 17.4 Å². The maximum Gasteiger partial charge on any atom is 0.435 e. The fourth-order valence-electron chi connectivity index (χ4n) is 3.48. The van der Waals surface area contributed by atoms with Crippen LogP contribution in [0.3, 0.4) is 0 Å². The zero-order valence-corrected chi connectivity index (χ0v) is 16.4. The van der Waals surface area contributed by atoms with Gasteiger partial charge in [0, 0.05) is 38.0 Å². The standard InChI is InChI=1S/C19H17F5N6O/c1-18(20,21)15-7-10(5-6-25-15)30-9-11-12(3-4-13(11)27-30)26-17(31)14-8-16(19(22,23)24)28-29(14)2/h5-9,12H,3-4H2,1-2H3,(H,26,31)/t12-/m1/s1. The van der Waals surface area contributed by atoms with Crippen molar-refractivity contribution < 1.29 is 26.7 Å². The van der Waals surface area contributed by atoms with Crippen molar-refractivity contribution >= 4 is 5.91 Å². The second-order valence-corrected chi connectivity index (χ2v) is 7.36. The number of amides is 1. The highest BCUT2D eigenvalue weighted by atomic mass is 19.4. The quantitative estimate of drug-likeness (QED) is 0.630. The zero-order chi connectivity index (χ0) is 22.6. The van der Waals surface area contributed by atoms with Gasteiger partial charge >= 0.3 is 6.18 Å². The Bertz CT molecular complexity index is 1140. The van der Waals surface area contributed by atoms with Crippen LogP contribution in [0.2, 0.25) is 0 Å². The molecule has 0 fully saturated rings. The molecule has 0 bridgehead atoms. The SMILES string of the molecule is Cn1nc(C(F)(F)F)cc1C(=O)N[C@@H]1CCc2nn(-c3ccnc(C(C)(F)F)c3)cc21. The molecule has 0 aliphatic heterocycles. The molecule has 31 heavy (non-hydrogen) atoms. The van der Waals surface area contributed by atoms with Crippen LogP contribution in [0.5, 0.6) is 0 Å². The van der Waals surface area contributed by atoms with Crippen LogP contribution in [0.1, 0.15) is 52.5 Å². The summed E-state index contributed by atoms with van der Waals surface area (Å²) in [4.78, 5) is 16.2. The molecule has 3 heterocycles. The van der Waals surface area contributed by atoms with Crippen molar-refractivity contribution in [1.82, 2.24) is 29.9 Å². The van der Waals surface area contributed by atoms with Gasteiger partial charge in [-0.15, -0.1) is 0 Å². The van der Waals surface area contributed by atoms with Crippen LogP contribution in [0, 0.1) is 0 Å². The molecule has 7 nitrogen and oxygen atoms in total. The predicted molar refractivity (Wildman–Crippen MR) is 97.7 cm³/mol. The molecule has 12 heteroatoms. The van der Waals surface area contributed by atoms with Gasteiger partial charge < -0.3 is 5.32 Å². The number of carbonyl (C=O) groups is 1. The van der Waals surface area contributed by atoms with E-state index < -0.39 is 35.4 Å². The second kappa shape index (κ2) is 7.13. The molecular weight excluding hydrogens is 423 g/mol. The van der Waals surface area contributed by atoms with E-state index in [1.54, 1.807) is 6.20 Å². The monoisotopic (exact) mass is 440 g/mol. The highest BCUT2D eigenvalue weighted by Gasteiger charge is 2.36. The molecule has 0 spiro atoms. The van der Waals surface area contributed by atoms with E-state index >= 15 is 0 Å². The summed E-state index contributed by atoms with van der Waals surface area (Å²) < 4.78 is 68.0. The second-order valence-electron chi connectivity index (χ2n) is 7.36. The predicted octanol–water partition coefficient (Wildman–Crippen LogP) is 3.55. The molecule has 1 aliphatic rings. The summed E-state index contributed by atoms with van der Waals surface area (Å²) in [6.45, 7) is 0.746. The number of aryl methyl sites for hydroxylation is 2. The van der Waals surface area contributed by atoms with E-state index in [4.69, 9.17) is 0 Å². The summed E-state index contributed by atoms with van der Waals surface area (Å²) in [5.41, 5.74) is -0.0471. The van der Waals surface area contributed by atoms with Gasteiger partial charge in [0.15, 0.2) is 5.69 Å². The number of aromatic nitrogens is 5. The number of fused-ring (bicyclic) bond motifs is 1. The van der Waals surface area contributed by atoms with Gasteiger partial charge in [-0.05, 0) is 25.0 Å². The summed E-state index contributed by atoms with van der Waals surface area (Å²) in [7, 11) is 1.26. The maximum absolute atomic E-state index is 13.6. The van der Waals surface area contributed by atoms with E-state index in [-0.39, 0.29) is 5.69 Å². The summed E-state index contributed by atoms with van der Waals surface area (Å²) in [6, 6.07) is 2.97. The number of hydrogen-bond donors (Lipinski definition) is 1. The van der Waals surface area contributed by atoms with Crippen LogP contribution in [0.15, 0.2) is 30.6 Å². The molecule has 1 aliphatic carbocycles. The van der Waals surface area contributed by atoms with Crippen LogP contribution in [0.25, 0.3) is 5.69 Å². The van der Waals surface area contributed by atoms with Gasteiger partial charge in [0.2, 0.25) is 0 Å². The molecule has 0 radical (unpaired) electrons. The summed E-state index contributed by atoms with van der Waals surface area (Å²) in [5.74, 6) is -3.81. The smallest absolute Gasteiger partial charge is 0.344 e. The van der Waals surface area contributed by atoms with E-state index in [1.807, 2.05) is 0 Å². The largest absolute Gasteiger partial charge is 0.435 e. The molecule has 3 aromatic heterocycles. The number of halogens is 5. The minimum Gasteiger partial charge on any atom is -0.344 e. The first-order valence-corrected chi connectivity index (χ1v) is 9.29. The molecule has 0 saturated heterocycles. The summed E-state index contributed by atoms with van der Waals surface area (Å²) >= 11 is 0. The van der Waals surface area contributed by atoms with Crippen LogP contribution >= 0.6 is 0 Å². The van der Waals surface area contributed by atoms with E-state index in [0.717, 1.165) is 11.6 Å². The summed E-state index contributed by atoms with van der Waals surface area (Å²) in [6.07, 6.45) is -0.743. The normalized spacial score (nSPS) is 16.4. The van der Waals surface area contributed by atoms with Crippen LogP contribution < -0.4 is 5.32 Å². The van der Waals surface area contributed by atoms with Crippen LogP contribution in [-0.2, 0) is 25.6 Å². The Kier molecular flexibility index (Phi) is 4.82. The van der Waals surface area contributed by atoms with E-state index in [9.17, 15) is 26.7 Å². The lowest BCUT2D eigenvalue weighted by molar-refractivity contribution is -0.141. The zero-order valence-electron chi connectivity index (χ0n) is 16.4. The number of nitrogens with zero attached hydrogens (tertiary/aromatic N) is 5. The molecule has 0 aromatic carbocycles. The van der Waals surface area contributed by atoms with Gasteiger partial charge in [0.1, 0.15) is 11.4 Å². The topological polar surface area (TPSA) is 77.6 Å². The van der Waals surface area contributed by atoms with Gasteiger partial charge in [-0.1, -0.05) is 0 Å². The molecule has 1 amide bonds. The number of hydrogen-bond acceptors (Lipinski definition) is 4. The van der Waals surface area contributed by atoms with Crippen molar-refractivity contribution in [3.05, 3.63) is 58.9 Å². The van der Waals surface area contributed by atoms with Gasteiger partial charge in [-0.3, -0.25) is 14.5 Å². The Morgan fingerprint density at radius 1 is 1.16 bits per heavy atom. The summed E-state index contributed by atoms with van der Waals surface area (Å²) in [5, 5.41) is 10.4. The van der Waals surface area contributed by atoms with Crippen molar-refractivity contribution in [2.75, 3.05) is 0 Å². The van der Waals surface area contributed by atoms with Crippen molar-refractivity contribution in [2.24, 2.45) is 7.05 Å². The Hall–Kier alpha value is -3.31. The Labute approximate surface area is 172 Å². The first-order chi connectivity index (χ1) is 14.4. The van der Waals surface area contributed by atoms with Crippen molar-refractivity contribution in [1.29, 1.82) is 0 Å². The Balaban J connectivity index is 1.56. The molecular formula is C19H17F5N6O. The molecule has 4 rings (SSSR count). The third-order valence-corrected chi connectivity index (χ3v) is 5.03. The van der Waals surface area contributed by atoms with E-state index in [2.05, 4.69) is 20.5 Å². The first kappa shape index (κ1) is 20.9. The van der Waals surface area contributed by atoms with E-state index in [0.29, 0.717) is 35.9 Å². The lowest BCUT2D eigenvalue weighted by Crippen LogP contribution is -2.28. The third kappa shape index (κ3) is 4.01. The molecule has 0 unspecified atom stereocenters. The average molecular weight is 440 g/mol. The van der Waals surface area contributed by atoms with Crippen molar-refractivity contribution in [3.8, 4) is 5.69 Å². The minimum absolute atomic E-state index is 0.225. The lowest BCUT2D eigenvalue weighted by atomic mass is 10.2. The highest BCUT2D eigenvalue weighted by Crippen LogP contribution is 2.33.